The average Bonchev–Trinajstić information content (AvgIpc) is 1.19. The van der Waals surface area contributed by atoms with E-state index in [1.54, 1.807) is 9.80 Å². The molecule has 4 N–H and O–H groups in total. The molecule has 2 amide bonds. The van der Waals surface area contributed by atoms with Gasteiger partial charge in [0.15, 0.2) is 17.5 Å². The third-order valence-corrected chi connectivity index (χ3v) is 20.2. The first-order valence-corrected chi connectivity index (χ1v) is 34.2. The molecule has 97 heavy (non-hydrogen) atoms. The van der Waals surface area contributed by atoms with E-state index in [1.807, 2.05) is 64.6 Å². The summed E-state index contributed by atoms with van der Waals surface area (Å²) in [4.78, 5) is 90.1. The lowest BCUT2D eigenvalue weighted by Crippen LogP contribution is -2.47. The third kappa shape index (κ3) is 16.5. The van der Waals surface area contributed by atoms with Gasteiger partial charge in [0.25, 0.3) is 0 Å². The van der Waals surface area contributed by atoms with Crippen molar-refractivity contribution in [3.63, 3.8) is 0 Å². The minimum atomic E-state index is -0.868. The highest BCUT2D eigenvalue weighted by Gasteiger charge is 2.45. The van der Waals surface area contributed by atoms with Gasteiger partial charge in [0.1, 0.15) is 17.1 Å². The minimum Gasteiger partial charge on any atom is -0.385 e. The Morgan fingerprint density at radius 2 is 0.835 bits per heavy atom. The summed E-state index contributed by atoms with van der Waals surface area (Å²) in [7, 11) is 7.25. The number of Topliss-reactive ketones (excluding diaryl/α,β-unsaturated/α-hetero) is 3. The van der Waals surface area contributed by atoms with Gasteiger partial charge in [0.05, 0.1) is 35.0 Å². The number of H-pyrrole nitrogens is 3. The summed E-state index contributed by atoms with van der Waals surface area (Å²) in [5.74, 6) is 8.15. The number of terminal acetylenes is 3. The van der Waals surface area contributed by atoms with Gasteiger partial charge >= 0.3 is 0 Å². The number of ether oxygens (including phenoxy) is 3. The predicted molar refractivity (Wildman–Crippen MR) is 376 cm³/mol. The predicted octanol–water partition coefficient (Wildman–Crippen LogP) is 12.2. The first-order valence-electron chi connectivity index (χ1n) is 34.2. The molecular weight excluding hydrogens is 1220 g/mol. The summed E-state index contributed by atoms with van der Waals surface area (Å²) in [5, 5.41) is 11.1. The van der Waals surface area contributed by atoms with Crippen LogP contribution in [-0.2, 0) is 59.5 Å². The maximum absolute atomic E-state index is 13.4. The van der Waals surface area contributed by atoms with Crippen molar-refractivity contribution in [3.05, 3.63) is 176 Å². The number of aromatic nitrogens is 6. The average molecular weight is 1310 g/mol. The van der Waals surface area contributed by atoms with Crippen molar-refractivity contribution < 1.29 is 43.3 Å². The Morgan fingerprint density at radius 1 is 0.485 bits per heavy atom. The summed E-state index contributed by atoms with van der Waals surface area (Å²) in [6.45, 7) is 7.93. The van der Waals surface area contributed by atoms with Gasteiger partial charge in [-0.3, -0.25) is 24.0 Å². The second-order valence-electron chi connectivity index (χ2n) is 27.8. The van der Waals surface area contributed by atoms with E-state index in [0.29, 0.717) is 95.2 Å². The molecule has 6 heterocycles. The van der Waals surface area contributed by atoms with Crippen molar-refractivity contribution in [3.8, 4) is 37.0 Å². The van der Waals surface area contributed by atoms with Gasteiger partial charge in [-0.15, -0.1) is 19.3 Å². The quantitative estimate of drug-likeness (QED) is 0.0494. The van der Waals surface area contributed by atoms with Crippen molar-refractivity contribution >= 4 is 45.9 Å². The second-order valence-corrected chi connectivity index (χ2v) is 27.8. The van der Waals surface area contributed by atoms with Crippen LogP contribution in [0.25, 0.3) is 16.7 Å². The molecule has 3 saturated heterocycles. The van der Waals surface area contributed by atoms with Gasteiger partial charge < -0.3 is 44.1 Å². The zero-order chi connectivity index (χ0) is 68.9. The summed E-state index contributed by atoms with van der Waals surface area (Å²) >= 11 is 0. The van der Waals surface area contributed by atoms with Crippen LogP contribution >= 0.6 is 0 Å². The smallest absolute Gasteiger partial charge is 0.232 e. The monoisotopic (exact) mass is 1310 g/mol. The number of nitrogens with one attached hydrogen (secondary N) is 3. The number of hydrogen-bond donors (Lipinski definition) is 4. The van der Waals surface area contributed by atoms with Gasteiger partial charge in [-0.2, -0.15) is 0 Å². The molecule has 6 aromatic rings. The molecule has 12 rings (SSSR count). The number of ketones is 3. The first kappa shape index (κ1) is 70.8. The Morgan fingerprint density at radius 3 is 1.15 bits per heavy atom. The Bertz CT molecular complexity index is 4110. The van der Waals surface area contributed by atoms with E-state index >= 15 is 0 Å². The second kappa shape index (κ2) is 31.5. The van der Waals surface area contributed by atoms with Crippen molar-refractivity contribution in [2.24, 2.45) is 5.41 Å². The van der Waals surface area contributed by atoms with Crippen LogP contribution in [0.3, 0.4) is 0 Å². The van der Waals surface area contributed by atoms with E-state index in [9.17, 15) is 29.1 Å². The molecule has 3 fully saturated rings. The van der Waals surface area contributed by atoms with Crippen molar-refractivity contribution in [2.45, 2.75) is 159 Å². The van der Waals surface area contributed by atoms with E-state index in [-0.39, 0.29) is 71.3 Å². The lowest BCUT2D eigenvalue weighted by molar-refractivity contribution is -0.139. The fourth-order valence-corrected chi connectivity index (χ4v) is 14.4. The number of nitrogens with zero attached hydrogens (tertiary/aromatic N) is 5. The lowest BCUT2D eigenvalue weighted by Gasteiger charge is -2.38. The highest BCUT2D eigenvalue weighted by molar-refractivity contribution is 5.97. The molecule has 0 unspecified atom stereocenters. The van der Waals surface area contributed by atoms with Gasteiger partial charge in [-0.05, 0) is 175 Å². The van der Waals surface area contributed by atoms with Gasteiger partial charge in [0, 0.05) is 99.9 Å². The fraction of sp³-hybridized carbons (Fsp3) is 0.450. The molecule has 0 spiro atoms. The fourth-order valence-electron chi connectivity index (χ4n) is 14.4. The Labute approximate surface area is 571 Å². The Kier molecular flexibility index (Phi) is 22.9. The van der Waals surface area contributed by atoms with Crippen molar-refractivity contribution in [1.29, 1.82) is 0 Å². The number of aromatic amines is 3. The molecule has 0 saturated carbocycles. The van der Waals surface area contributed by atoms with E-state index in [2.05, 4.69) is 97.9 Å². The molecule has 3 aliphatic carbocycles. The molecule has 3 aromatic heterocycles. The number of imidazole rings is 3. The van der Waals surface area contributed by atoms with Crippen LogP contribution in [0.5, 0.6) is 0 Å². The van der Waals surface area contributed by atoms with Crippen LogP contribution < -0.4 is 0 Å². The lowest BCUT2D eigenvalue weighted by atomic mass is 9.71. The zero-order valence-corrected chi connectivity index (χ0v) is 57.2. The topological polar surface area (TPSA) is 226 Å². The summed E-state index contributed by atoms with van der Waals surface area (Å²) in [6, 6.07) is 18.4. The van der Waals surface area contributed by atoms with E-state index in [1.165, 1.54) is 48.2 Å². The maximum atomic E-state index is 13.4. The molecule has 0 bridgehead atoms. The molecule has 3 aliphatic heterocycles. The number of amides is 2. The van der Waals surface area contributed by atoms with Crippen molar-refractivity contribution in [2.75, 3.05) is 67.8 Å². The Balaban J connectivity index is 0.000000159. The number of allylic oxidation sites excluding steroid dienone is 6. The normalized spacial score (nSPS) is 18.4. The van der Waals surface area contributed by atoms with Gasteiger partial charge in [-0.25, -0.2) is 15.0 Å². The standard InChI is InChI=1S/C29H35N3O3.C27H31N3O3.C24H26N2O3/c1-6-23-19-30-26(31-23)25(33)17-21-7-8-22(18-24(21)20-9-11-28(2,3)12-10-20)29(27(34)32(4)5)13-15-35-16-14-29;1-4-22-18-28-25(29-22)24(31)16-20-10-11-21(17-23(20)19-8-6-5-7-9-19)27(26(32)30(2)3)12-14-33-15-13-27;1-2-20-16-25-23(26-20)22(27)14-18-8-9-19(24(28)10-12-29-13-11-24)15-21(18)17-6-4-3-5-7-17/h1,7-9,18-19H,10-17H2,2-5H3,(H,30,31);1,8,10-11,17-18H,5-7,9,12-16H2,2-3H3,(H,28,29);1,6,8-9,15-16,28H,3-5,7,10-14H2,(H,25,26). The molecule has 0 radical (unpaired) electrons. The van der Waals surface area contributed by atoms with Gasteiger partial charge in [0.2, 0.25) is 29.2 Å². The Hall–Kier alpha value is -9.02. The number of benzene rings is 3. The summed E-state index contributed by atoms with van der Waals surface area (Å²) in [6.07, 6.45) is 43.7. The largest absolute Gasteiger partial charge is 0.385 e. The molecule has 0 atom stereocenters. The number of hydrogen-bond acceptors (Lipinski definition) is 12. The molecule has 17 nitrogen and oxygen atoms in total. The van der Waals surface area contributed by atoms with E-state index < -0.39 is 16.4 Å². The van der Waals surface area contributed by atoms with Crippen LogP contribution in [-0.4, -0.2) is 142 Å². The number of likely N-dealkylation sites (N-methyl/N-ethyl adjacent to an activating group) is 2. The number of carbonyl (C=O) groups excluding carboxylic acids is 5. The van der Waals surface area contributed by atoms with E-state index in [4.69, 9.17) is 33.5 Å². The van der Waals surface area contributed by atoms with Gasteiger partial charge in [-0.1, -0.05) is 98.4 Å². The molecular formula is C80H92N8O9. The van der Waals surface area contributed by atoms with Crippen LogP contribution in [0.1, 0.15) is 222 Å². The van der Waals surface area contributed by atoms with Crippen LogP contribution in [0.2, 0.25) is 0 Å². The molecule has 6 aliphatic rings. The highest BCUT2D eigenvalue weighted by atomic mass is 16.5. The summed E-state index contributed by atoms with van der Waals surface area (Å²) < 4.78 is 16.7. The van der Waals surface area contributed by atoms with Crippen LogP contribution in [0.15, 0.2) is 91.4 Å². The number of carbonyl (C=O) groups is 5. The SMILES string of the molecule is C#Cc1cnc(C(=O)Cc2ccc(C3(C(=O)N(C)C)CCOCC3)cc2C2=CCC(C)(C)CC2)[nH]1.C#Cc1cnc(C(=O)Cc2ccc(C3(C(=O)N(C)C)CCOCC3)cc2C2=CCCCC2)[nH]1.C#Cc1cnc(C(=O)Cc2ccc(C3(O)CCOCC3)cc2C2=CCCCC2)[nH]1. The zero-order valence-electron chi connectivity index (χ0n) is 57.2. The van der Waals surface area contributed by atoms with Crippen LogP contribution in [0.4, 0.5) is 0 Å². The first-order chi connectivity index (χ1) is 46.7. The third-order valence-electron chi connectivity index (χ3n) is 20.2. The number of aliphatic hydroxyl groups is 1. The number of rotatable bonds is 17. The van der Waals surface area contributed by atoms with Crippen molar-refractivity contribution in [1.82, 2.24) is 39.7 Å². The maximum Gasteiger partial charge on any atom is 0.232 e. The molecule has 17 heteroatoms. The summed E-state index contributed by atoms with van der Waals surface area (Å²) in [5.41, 5.74) is 12.4. The highest BCUT2D eigenvalue weighted by Crippen LogP contribution is 2.44. The molecule has 506 valence electrons. The molecule has 3 aromatic carbocycles. The van der Waals surface area contributed by atoms with Crippen LogP contribution in [0, 0.1) is 42.4 Å². The minimum absolute atomic E-state index is 0.0957. The van der Waals surface area contributed by atoms with E-state index in [0.717, 1.165) is 108 Å².